The Morgan fingerprint density at radius 1 is 0.833 bits per heavy atom. The van der Waals surface area contributed by atoms with Crippen molar-refractivity contribution in [3.63, 3.8) is 0 Å². The van der Waals surface area contributed by atoms with E-state index < -0.39 is 10.2 Å². The SMILES string of the molecule is CC(C)(C)NS(C)(C)C(C)(C)C. The first-order valence-corrected chi connectivity index (χ1v) is 6.92. The normalized spacial score (nSPS) is 16.3. The van der Waals surface area contributed by atoms with Crippen LogP contribution in [0.3, 0.4) is 0 Å². The maximum atomic E-state index is 3.72. The van der Waals surface area contributed by atoms with E-state index in [2.05, 4.69) is 58.8 Å². The molecule has 0 spiro atoms. The van der Waals surface area contributed by atoms with Gasteiger partial charge in [0.1, 0.15) is 0 Å². The molecule has 0 aliphatic carbocycles. The molecule has 0 amide bonds. The third kappa shape index (κ3) is 3.81. The molecule has 0 saturated carbocycles. The second-order valence-corrected chi connectivity index (χ2v) is 9.87. The van der Waals surface area contributed by atoms with Crippen LogP contribution in [0.2, 0.25) is 0 Å². The summed E-state index contributed by atoms with van der Waals surface area (Å²) in [6.45, 7) is 13.6. The molecule has 0 radical (unpaired) electrons. The number of hydrogen-bond acceptors (Lipinski definition) is 1. The van der Waals surface area contributed by atoms with Gasteiger partial charge in [-0.1, -0.05) is 20.8 Å². The van der Waals surface area contributed by atoms with Crippen LogP contribution >= 0.6 is 10.2 Å². The molecule has 76 valence electrons. The van der Waals surface area contributed by atoms with Gasteiger partial charge < -0.3 is 0 Å². The molecule has 0 aliphatic rings. The molecule has 1 nitrogen and oxygen atoms in total. The van der Waals surface area contributed by atoms with Gasteiger partial charge in [-0.3, -0.25) is 4.72 Å². The maximum absolute atomic E-state index is 3.72. The third-order valence-electron chi connectivity index (χ3n) is 2.09. The van der Waals surface area contributed by atoms with Crippen molar-refractivity contribution in [3.8, 4) is 0 Å². The van der Waals surface area contributed by atoms with E-state index in [1.54, 1.807) is 0 Å². The molecule has 0 heterocycles. The Balaban J connectivity index is 4.44. The van der Waals surface area contributed by atoms with Crippen LogP contribution in [-0.2, 0) is 0 Å². The van der Waals surface area contributed by atoms with Crippen molar-refractivity contribution in [2.75, 3.05) is 12.5 Å². The standard InChI is InChI=1S/C10H25NS/c1-9(2,3)11-12(7,8)10(4,5)6/h11H,1-8H3. The van der Waals surface area contributed by atoms with Crippen LogP contribution in [0.15, 0.2) is 0 Å². The van der Waals surface area contributed by atoms with Gasteiger partial charge in [-0.2, -0.15) is 10.2 Å². The Labute approximate surface area is 79.8 Å². The summed E-state index contributed by atoms with van der Waals surface area (Å²) in [4.78, 5) is 0. The van der Waals surface area contributed by atoms with Crippen LogP contribution in [0.5, 0.6) is 0 Å². The van der Waals surface area contributed by atoms with Crippen molar-refractivity contribution in [3.05, 3.63) is 0 Å². The predicted octanol–water partition coefficient (Wildman–Crippen LogP) is 3.15. The fourth-order valence-corrected chi connectivity index (χ4v) is 2.76. The quantitative estimate of drug-likeness (QED) is 0.671. The average Bonchev–Trinajstić information content (AvgIpc) is 1.52. The van der Waals surface area contributed by atoms with E-state index in [1.807, 2.05) is 0 Å². The summed E-state index contributed by atoms with van der Waals surface area (Å²) in [6, 6.07) is 0. The van der Waals surface area contributed by atoms with Gasteiger partial charge in [0.05, 0.1) is 0 Å². The summed E-state index contributed by atoms with van der Waals surface area (Å²) in [5, 5.41) is 0. The van der Waals surface area contributed by atoms with Gasteiger partial charge in [0.2, 0.25) is 0 Å². The lowest BCUT2D eigenvalue weighted by molar-refractivity contribution is 0.524. The highest BCUT2D eigenvalue weighted by atomic mass is 32.3. The monoisotopic (exact) mass is 191 g/mol. The minimum Gasteiger partial charge on any atom is -0.276 e. The zero-order valence-electron chi connectivity index (χ0n) is 9.91. The molecule has 0 unspecified atom stereocenters. The topological polar surface area (TPSA) is 12.0 Å². The molecule has 0 rings (SSSR count). The molecule has 0 aromatic carbocycles. The highest BCUT2D eigenvalue weighted by Gasteiger charge is 2.30. The van der Waals surface area contributed by atoms with Crippen LogP contribution in [-0.4, -0.2) is 22.8 Å². The first-order chi connectivity index (χ1) is 4.96. The highest BCUT2D eigenvalue weighted by molar-refractivity contribution is 8.32. The van der Waals surface area contributed by atoms with Crippen molar-refractivity contribution in [1.82, 2.24) is 4.72 Å². The van der Waals surface area contributed by atoms with Crippen LogP contribution < -0.4 is 4.72 Å². The predicted molar refractivity (Wildman–Crippen MR) is 62.1 cm³/mol. The first kappa shape index (κ1) is 12.3. The van der Waals surface area contributed by atoms with E-state index in [9.17, 15) is 0 Å². The van der Waals surface area contributed by atoms with Crippen molar-refractivity contribution < 1.29 is 0 Å². The Bertz CT molecular complexity index is 148. The summed E-state index contributed by atoms with van der Waals surface area (Å²) < 4.78 is 4.09. The molecule has 0 aliphatic heterocycles. The van der Waals surface area contributed by atoms with Crippen molar-refractivity contribution in [2.24, 2.45) is 0 Å². The highest BCUT2D eigenvalue weighted by Crippen LogP contribution is 2.50. The van der Waals surface area contributed by atoms with Crippen LogP contribution in [0.1, 0.15) is 41.5 Å². The molecule has 0 atom stereocenters. The smallest absolute Gasteiger partial charge is 0.0183 e. The Hall–Kier alpha value is 0.310. The van der Waals surface area contributed by atoms with Gasteiger partial charge in [0.15, 0.2) is 0 Å². The number of rotatable bonds is 1. The van der Waals surface area contributed by atoms with Gasteiger partial charge in [-0.15, -0.1) is 0 Å². The fourth-order valence-electron chi connectivity index (χ4n) is 0.919. The molecular formula is C10H25NS. The fraction of sp³-hybridized carbons (Fsp3) is 1.00. The first-order valence-electron chi connectivity index (χ1n) is 4.47. The molecule has 1 N–H and O–H groups in total. The molecule has 0 saturated heterocycles. The Kier molecular flexibility index (Phi) is 3.31. The Morgan fingerprint density at radius 2 is 1.17 bits per heavy atom. The molecule has 2 heteroatoms. The largest absolute Gasteiger partial charge is 0.276 e. The minimum atomic E-state index is -0.705. The number of nitrogens with one attached hydrogen (secondary N) is 1. The zero-order chi connectivity index (χ0) is 10.2. The van der Waals surface area contributed by atoms with Crippen molar-refractivity contribution in [2.45, 2.75) is 51.8 Å². The molecule has 0 aromatic rings. The van der Waals surface area contributed by atoms with Crippen molar-refractivity contribution >= 4 is 10.2 Å². The van der Waals surface area contributed by atoms with Gasteiger partial charge >= 0.3 is 0 Å². The van der Waals surface area contributed by atoms with Gasteiger partial charge in [0.25, 0.3) is 0 Å². The van der Waals surface area contributed by atoms with Crippen LogP contribution in [0.4, 0.5) is 0 Å². The minimum absolute atomic E-state index is 0.228. The van der Waals surface area contributed by atoms with Crippen molar-refractivity contribution in [1.29, 1.82) is 0 Å². The summed E-state index contributed by atoms with van der Waals surface area (Å²) in [5.74, 6) is 0. The molecular weight excluding hydrogens is 166 g/mol. The second kappa shape index (κ2) is 3.22. The summed E-state index contributed by atoms with van der Waals surface area (Å²) in [6.07, 6.45) is 4.69. The van der Waals surface area contributed by atoms with E-state index >= 15 is 0 Å². The maximum Gasteiger partial charge on any atom is 0.0183 e. The lowest BCUT2D eigenvalue weighted by Crippen LogP contribution is -2.44. The van der Waals surface area contributed by atoms with E-state index in [4.69, 9.17) is 0 Å². The van der Waals surface area contributed by atoms with E-state index in [-0.39, 0.29) is 5.54 Å². The summed E-state index contributed by atoms with van der Waals surface area (Å²) in [5.41, 5.74) is 0.228. The van der Waals surface area contributed by atoms with Gasteiger partial charge in [-0.25, -0.2) is 0 Å². The molecule has 0 fully saturated rings. The van der Waals surface area contributed by atoms with E-state index in [1.165, 1.54) is 0 Å². The number of hydrogen-bond donors (Lipinski definition) is 1. The molecule has 0 bridgehead atoms. The van der Waals surface area contributed by atoms with E-state index in [0.717, 1.165) is 0 Å². The average molecular weight is 191 g/mol. The lowest BCUT2D eigenvalue weighted by atomic mass is 10.1. The van der Waals surface area contributed by atoms with E-state index in [0.29, 0.717) is 4.75 Å². The van der Waals surface area contributed by atoms with Crippen LogP contribution in [0.25, 0.3) is 0 Å². The third-order valence-corrected chi connectivity index (χ3v) is 6.28. The van der Waals surface area contributed by atoms with Gasteiger partial charge in [-0.05, 0) is 33.3 Å². The molecule has 0 aromatic heterocycles. The lowest BCUT2D eigenvalue weighted by Gasteiger charge is -2.49. The van der Waals surface area contributed by atoms with Gasteiger partial charge in [0, 0.05) is 10.3 Å². The second-order valence-electron chi connectivity index (χ2n) is 5.79. The summed E-state index contributed by atoms with van der Waals surface area (Å²) in [7, 11) is -0.705. The zero-order valence-corrected chi connectivity index (χ0v) is 10.7. The molecule has 12 heavy (non-hydrogen) atoms. The van der Waals surface area contributed by atoms with Crippen LogP contribution in [0, 0.1) is 0 Å². The Morgan fingerprint density at radius 3 is 1.25 bits per heavy atom. The summed E-state index contributed by atoms with van der Waals surface area (Å²) >= 11 is 0.